The lowest BCUT2D eigenvalue weighted by molar-refractivity contribution is -0.122. The van der Waals surface area contributed by atoms with Crippen molar-refractivity contribution >= 4 is 16.7 Å². The number of benzene rings is 1. The number of likely N-dealkylation sites (tertiary alicyclic amines) is 1. The number of Topliss-reactive ketones (excluding diaryl/α,β-unsaturated/α-hetero) is 1. The summed E-state index contributed by atoms with van der Waals surface area (Å²) in [5, 5.41) is 1.18. The molecule has 1 atom stereocenters. The maximum absolute atomic E-state index is 11.5. The Kier molecular flexibility index (Phi) is 3.79. The number of carbonyl (C=O) groups excluding carboxylic acids is 1. The number of pyridine rings is 1. The molecular weight excluding hydrogens is 248 g/mol. The maximum Gasteiger partial charge on any atom is 0.134 e. The molecule has 1 unspecified atom stereocenters. The first kappa shape index (κ1) is 13.3. The second-order valence-corrected chi connectivity index (χ2v) is 5.68. The minimum atomic E-state index is 0.212. The molecule has 0 saturated carbocycles. The first-order chi connectivity index (χ1) is 9.72. The lowest BCUT2D eigenvalue weighted by atomic mass is 9.94. The van der Waals surface area contributed by atoms with Gasteiger partial charge in [0.2, 0.25) is 0 Å². The second kappa shape index (κ2) is 5.71. The molecule has 0 radical (unpaired) electrons. The normalized spacial score (nSPS) is 20.1. The van der Waals surface area contributed by atoms with Crippen molar-refractivity contribution in [1.82, 2.24) is 9.88 Å². The van der Waals surface area contributed by atoms with E-state index >= 15 is 0 Å². The summed E-state index contributed by atoms with van der Waals surface area (Å²) in [5.41, 5.74) is 2.14. The molecule has 20 heavy (non-hydrogen) atoms. The molecule has 1 aliphatic heterocycles. The highest BCUT2D eigenvalue weighted by Gasteiger charge is 2.23. The molecule has 0 aliphatic carbocycles. The number of aromatic nitrogens is 1. The molecule has 0 N–H and O–H groups in total. The largest absolute Gasteiger partial charge is 0.300 e. The molecule has 1 fully saturated rings. The Morgan fingerprint density at radius 3 is 3.00 bits per heavy atom. The number of carbonyl (C=O) groups is 1. The lowest BCUT2D eigenvalue weighted by Crippen LogP contribution is -2.37. The van der Waals surface area contributed by atoms with Gasteiger partial charge in [-0.3, -0.25) is 14.7 Å². The topological polar surface area (TPSA) is 33.2 Å². The van der Waals surface area contributed by atoms with E-state index in [1.54, 1.807) is 6.92 Å². The van der Waals surface area contributed by atoms with E-state index in [1.807, 2.05) is 18.2 Å². The molecule has 1 saturated heterocycles. The first-order valence-corrected chi connectivity index (χ1v) is 7.30. The molecule has 0 bridgehead atoms. The number of nitrogens with zero attached hydrogens (tertiary/aromatic N) is 2. The Labute approximate surface area is 119 Å². The quantitative estimate of drug-likeness (QED) is 0.858. The second-order valence-electron chi connectivity index (χ2n) is 5.68. The van der Waals surface area contributed by atoms with Crippen LogP contribution in [0.1, 0.15) is 25.5 Å². The van der Waals surface area contributed by atoms with Gasteiger partial charge in [0, 0.05) is 24.4 Å². The highest BCUT2D eigenvalue weighted by Crippen LogP contribution is 2.20. The monoisotopic (exact) mass is 268 g/mol. The Morgan fingerprint density at radius 2 is 2.15 bits per heavy atom. The third-order valence-corrected chi connectivity index (χ3v) is 4.12. The summed E-state index contributed by atoms with van der Waals surface area (Å²) < 4.78 is 0. The van der Waals surface area contributed by atoms with Gasteiger partial charge in [0.25, 0.3) is 0 Å². The Balaban J connectivity index is 1.74. The number of piperidine rings is 1. The van der Waals surface area contributed by atoms with Crippen molar-refractivity contribution in [3.8, 4) is 0 Å². The zero-order chi connectivity index (χ0) is 13.9. The standard InChI is InChI=1S/C17H20N2O/c1-13(20)15-6-4-10-19(11-15)12-16-9-8-14-5-2-3-7-17(14)18-16/h2-3,5,7-9,15H,4,6,10-12H2,1H3. The number of fused-ring (bicyclic) bond motifs is 1. The van der Waals surface area contributed by atoms with Gasteiger partial charge in [0.15, 0.2) is 0 Å². The third-order valence-electron chi connectivity index (χ3n) is 4.12. The molecule has 2 heterocycles. The summed E-state index contributed by atoms with van der Waals surface area (Å²) in [7, 11) is 0. The smallest absolute Gasteiger partial charge is 0.134 e. The van der Waals surface area contributed by atoms with Crippen LogP contribution < -0.4 is 0 Å². The van der Waals surface area contributed by atoms with Crippen molar-refractivity contribution in [2.45, 2.75) is 26.3 Å². The fraction of sp³-hybridized carbons (Fsp3) is 0.412. The van der Waals surface area contributed by atoms with Crippen molar-refractivity contribution < 1.29 is 4.79 Å². The number of para-hydroxylation sites is 1. The summed E-state index contributed by atoms with van der Waals surface area (Å²) in [5.74, 6) is 0.533. The summed E-state index contributed by atoms with van der Waals surface area (Å²) in [4.78, 5) is 18.6. The van der Waals surface area contributed by atoms with Crippen molar-refractivity contribution in [3.63, 3.8) is 0 Å². The van der Waals surface area contributed by atoms with Crippen LogP contribution >= 0.6 is 0 Å². The molecule has 2 aromatic rings. The van der Waals surface area contributed by atoms with Gasteiger partial charge in [-0.2, -0.15) is 0 Å². The van der Waals surface area contributed by atoms with Crippen LogP contribution in [0, 0.1) is 5.92 Å². The van der Waals surface area contributed by atoms with E-state index in [0.717, 1.165) is 43.7 Å². The average molecular weight is 268 g/mol. The van der Waals surface area contributed by atoms with E-state index in [-0.39, 0.29) is 5.92 Å². The van der Waals surface area contributed by atoms with Crippen molar-refractivity contribution in [2.75, 3.05) is 13.1 Å². The van der Waals surface area contributed by atoms with E-state index in [0.29, 0.717) is 5.78 Å². The highest BCUT2D eigenvalue weighted by molar-refractivity contribution is 5.79. The van der Waals surface area contributed by atoms with Crippen LogP contribution in [0.25, 0.3) is 10.9 Å². The fourth-order valence-corrected chi connectivity index (χ4v) is 2.96. The molecule has 1 aliphatic rings. The summed E-state index contributed by atoms with van der Waals surface area (Å²) in [6.45, 7) is 4.50. The highest BCUT2D eigenvalue weighted by atomic mass is 16.1. The van der Waals surface area contributed by atoms with E-state index in [4.69, 9.17) is 4.98 Å². The molecular formula is C17H20N2O. The zero-order valence-corrected chi connectivity index (χ0v) is 11.9. The SMILES string of the molecule is CC(=O)C1CCCN(Cc2ccc3ccccc3n2)C1. The summed E-state index contributed by atoms with van der Waals surface area (Å²) in [6.07, 6.45) is 2.15. The summed E-state index contributed by atoms with van der Waals surface area (Å²) >= 11 is 0. The molecule has 3 nitrogen and oxygen atoms in total. The van der Waals surface area contributed by atoms with Crippen LogP contribution in [0.3, 0.4) is 0 Å². The van der Waals surface area contributed by atoms with Gasteiger partial charge in [-0.15, -0.1) is 0 Å². The third kappa shape index (κ3) is 2.88. The maximum atomic E-state index is 11.5. The minimum Gasteiger partial charge on any atom is -0.300 e. The van der Waals surface area contributed by atoms with Gasteiger partial charge < -0.3 is 0 Å². The Bertz CT molecular complexity index is 623. The predicted molar refractivity (Wildman–Crippen MR) is 80.4 cm³/mol. The van der Waals surface area contributed by atoms with Crippen LogP contribution in [0.5, 0.6) is 0 Å². The van der Waals surface area contributed by atoms with Crippen LogP contribution in [0.15, 0.2) is 36.4 Å². The van der Waals surface area contributed by atoms with Crippen LogP contribution in [-0.2, 0) is 11.3 Å². The van der Waals surface area contributed by atoms with E-state index in [9.17, 15) is 4.79 Å². The Morgan fingerprint density at radius 1 is 1.30 bits per heavy atom. The molecule has 1 aromatic heterocycles. The minimum absolute atomic E-state index is 0.212. The van der Waals surface area contributed by atoms with Gasteiger partial charge in [-0.25, -0.2) is 0 Å². The van der Waals surface area contributed by atoms with Crippen LogP contribution in [0.4, 0.5) is 0 Å². The average Bonchev–Trinajstić information content (AvgIpc) is 2.47. The van der Waals surface area contributed by atoms with E-state index in [2.05, 4.69) is 23.1 Å². The van der Waals surface area contributed by atoms with Gasteiger partial charge in [0.05, 0.1) is 11.2 Å². The molecule has 3 heteroatoms. The molecule has 104 valence electrons. The molecule has 3 rings (SSSR count). The van der Waals surface area contributed by atoms with Gasteiger partial charge in [0.1, 0.15) is 5.78 Å². The van der Waals surface area contributed by atoms with Crippen LogP contribution in [-0.4, -0.2) is 28.8 Å². The van der Waals surface area contributed by atoms with Crippen molar-refractivity contribution in [2.24, 2.45) is 5.92 Å². The summed E-state index contributed by atoms with van der Waals surface area (Å²) in [6, 6.07) is 12.4. The van der Waals surface area contributed by atoms with Crippen molar-refractivity contribution in [3.05, 3.63) is 42.1 Å². The predicted octanol–water partition coefficient (Wildman–Crippen LogP) is 3.04. The van der Waals surface area contributed by atoms with Crippen LogP contribution in [0.2, 0.25) is 0 Å². The van der Waals surface area contributed by atoms with Crippen molar-refractivity contribution in [1.29, 1.82) is 0 Å². The number of hydrogen-bond acceptors (Lipinski definition) is 3. The molecule has 1 aromatic carbocycles. The Hall–Kier alpha value is -1.74. The van der Waals surface area contributed by atoms with Gasteiger partial charge in [-0.05, 0) is 38.4 Å². The lowest BCUT2D eigenvalue weighted by Gasteiger charge is -2.31. The molecule has 0 spiro atoms. The molecule has 0 amide bonds. The first-order valence-electron chi connectivity index (χ1n) is 7.30. The zero-order valence-electron chi connectivity index (χ0n) is 11.9. The van der Waals surface area contributed by atoms with Gasteiger partial charge in [-0.1, -0.05) is 24.3 Å². The number of rotatable bonds is 3. The van der Waals surface area contributed by atoms with E-state index < -0.39 is 0 Å². The number of ketones is 1. The van der Waals surface area contributed by atoms with Gasteiger partial charge >= 0.3 is 0 Å². The van der Waals surface area contributed by atoms with E-state index in [1.165, 1.54) is 5.39 Å². The fourth-order valence-electron chi connectivity index (χ4n) is 2.96. The number of hydrogen-bond donors (Lipinski definition) is 0.